The van der Waals surface area contributed by atoms with Crippen LogP contribution in [0.2, 0.25) is 0 Å². The van der Waals surface area contributed by atoms with Crippen molar-refractivity contribution in [3.8, 4) is 0 Å². The lowest BCUT2D eigenvalue weighted by Crippen LogP contribution is -2.31. The highest BCUT2D eigenvalue weighted by molar-refractivity contribution is 5.78. The van der Waals surface area contributed by atoms with Crippen LogP contribution < -0.4 is 0 Å². The van der Waals surface area contributed by atoms with Crippen molar-refractivity contribution in [3.05, 3.63) is 0 Å². The van der Waals surface area contributed by atoms with E-state index in [-0.39, 0.29) is 13.3 Å². The fraction of sp³-hybridized carbons (Fsp3) is 0.900. The molecule has 0 radical (unpaired) electrons. The average molecular weight is 171 g/mol. The fourth-order valence-corrected chi connectivity index (χ4v) is 1.60. The third-order valence-corrected chi connectivity index (χ3v) is 2.77. The molecule has 1 aliphatic rings. The lowest BCUT2D eigenvalue weighted by atomic mass is 9.92. The molecule has 0 saturated carbocycles. The number of hydrogen-bond donors (Lipinski definition) is 0. The van der Waals surface area contributed by atoms with E-state index in [1.807, 2.05) is 18.9 Å². The molecule has 0 spiro atoms. The smallest absolute Gasteiger partial charge is 0.225 e. The highest BCUT2D eigenvalue weighted by Crippen LogP contribution is 2.22. The number of likely N-dealkylation sites (tertiary alicyclic amines) is 1. The van der Waals surface area contributed by atoms with Gasteiger partial charge in [0.2, 0.25) is 5.91 Å². The summed E-state index contributed by atoms with van der Waals surface area (Å²) < 4.78 is 0. The molecule has 1 rings (SSSR count). The second-order valence-electron chi connectivity index (χ2n) is 3.67. The molecule has 1 saturated heterocycles. The third kappa shape index (κ3) is 2.23. The van der Waals surface area contributed by atoms with Gasteiger partial charge in [-0.15, -0.1) is 0 Å². The van der Waals surface area contributed by atoms with E-state index in [0.29, 0.717) is 11.8 Å². The molecule has 2 heteroatoms. The van der Waals surface area contributed by atoms with Gasteiger partial charge in [0.05, 0.1) is 0 Å². The predicted molar refractivity (Wildman–Crippen MR) is 51.9 cm³/mol. The van der Waals surface area contributed by atoms with Gasteiger partial charge in [-0.25, -0.2) is 0 Å². The molecule has 0 bridgehead atoms. The number of carbonyl (C=O) groups excluding carboxylic acids is 1. The Hall–Kier alpha value is -0.530. The average Bonchev–Trinajstić information content (AvgIpc) is 2.07. The Bertz CT molecular complexity index is 156. The number of nitrogens with zero attached hydrogens (tertiary/aromatic N) is 1. The first-order valence-corrected chi connectivity index (χ1v) is 4.38. The first kappa shape index (κ1) is 11.5. The zero-order valence-electron chi connectivity index (χ0n) is 7.63. The minimum atomic E-state index is 0. The molecule has 0 aliphatic carbocycles. The normalized spacial score (nSPS) is 30.9. The maximum atomic E-state index is 11.5. The summed E-state index contributed by atoms with van der Waals surface area (Å²) in [5.74, 6) is 1.10. The molecule has 0 unspecified atom stereocenters. The molecular weight excluding hydrogens is 150 g/mol. The van der Waals surface area contributed by atoms with Gasteiger partial charge < -0.3 is 4.90 Å². The van der Waals surface area contributed by atoms with Crippen molar-refractivity contribution in [2.75, 3.05) is 13.6 Å². The van der Waals surface area contributed by atoms with E-state index < -0.39 is 0 Å². The number of hydrogen-bond acceptors (Lipinski definition) is 1. The summed E-state index contributed by atoms with van der Waals surface area (Å²) >= 11 is 0. The molecule has 0 N–H and O–H groups in total. The Morgan fingerprint density at radius 3 is 2.58 bits per heavy atom. The summed E-state index contributed by atoms with van der Waals surface area (Å²) in [7, 11) is 1.90. The standard InChI is InChI=1S/C9H17NO.CH4/c1-7-5-4-6-10(3)9(11)8(7)2;/h7-8H,4-6H2,1-3H3;1H4/t7-,8+;/m1./s1. The van der Waals surface area contributed by atoms with Crippen molar-refractivity contribution in [1.82, 2.24) is 4.90 Å². The zero-order valence-corrected chi connectivity index (χ0v) is 7.63. The van der Waals surface area contributed by atoms with Gasteiger partial charge in [0.25, 0.3) is 0 Å². The van der Waals surface area contributed by atoms with Crippen LogP contribution in [0.4, 0.5) is 0 Å². The van der Waals surface area contributed by atoms with Crippen LogP contribution in [-0.2, 0) is 4.79 Å². The van der Waals surface area contributed by atoms with Crippen LogP contribution in [-0.4, -0.2) is 24.4 Å². The molecule has 2 atom stereocenters. The van der Waals surface area contributed by atoms with Crippen LogP contribution in [0.3, 0.4) is 0 Å². The van der Waals surface area contributed by atoms with Crippen LogP contribution >= 0.6 is 0 Å². The maximum Gasteiger partial charge on any atom is 0.225 e. The molecule has 2 nitrogen and oxygen atoms in total. The van der Waals surface area contributed by atoms with Crippen molar-refractivity contribution in [2.45, 2.75) is 34.1 Å². The van der Waals surface area contributed by atoms with E-state index in [0.717, 1.165) is 13.0 Å². The second-order valence-corrected chi connectivity index (χ2v) is 3.67. The van der Waals surface area contributed by atoms with Crippen LogP contribution in [0, 0.1) is 11.8 Å². The van der Waals surface area contributed by atoms with Gasteiger partial charge in [-0.3, -0.25) is 4.79 Å². The lowest BCUT2D eigenvalue weighted by Gasteiger charge is -2.19. The molecule has 12 heavy (non-hydrogen) atoms. The Labute approximate surface area is 75.9 Å². The van der Waals surface area contributed by atoms with E-state index in [1.54, 1.807) is 0 Å². The van der Waals surface area contributed by atoms with Crippen molar-refractivity contribution >= 4 is 5.91 Å². The van der Waals surface area contributed by atoms with Gasteiger partial charge in [0.15, 0.2) is 0 Å². The fourth-order valence-electron chi connectivity index (χ4n) is 1.60. The van der Waals surface area contributed by atoms with Crippen LogP contribution in [0.1, 0.15) is 34.1 Å². The summed E-state index contributed by atoms with van der Waals surface area (Å²) in [5.41, 5.74) is 0. The Kier molecular flexibility index (Phi) is 4.29. The zero-order chi connectivity index (χ0) is 8.43. The molecule has 1 heterocycles. The molecular formula is C10H21NO. The van der Waals surface area contributed by atoms with Gasteiger partial charge in [-0.05, 0) is 18.8 Å². The van der Waals surface area contributed by atoms with E-state index in [4.69, 9.17) is 0 Å². The highest BCUT2D eigenvalue weighted by atomic mass is 16.2. The lowest BCUT2D eigenvalue weighted by molar-refractivity contribution is -0.134. The van der Waals surface area contributed by atoms with Crippen molar-refractivity contribution in [3.63, 3.8) is 0 Å². The Balaban J connectivity index is 0.00000121. The molecule has 0 aromatic heterocycles. The third-order valence-electron chi connectivity index (χ3n) is 2.77. The van der Waals surface area contributed by atoms with Crippen LogP contribution in [0.15, 0.2) is 0 Å². The SMILES string of the molecule is C.C[C@@H]1CCCN(C)C(=O)[C@H]1C. The molecule has 0 aromatic rings. The van der Waals surface area contributed by atoms with Gasteiger partial charge in [0, 0.05) is 19.5 Å². The predicted octanol–water partition coefficient (Wildman–Crippen LogP) is 2.15. The topological polar surface area (TPSA) is 20.3 Å². The van der Waals surface area contributed by atoms with E-state index >= 15 is 0 Å². The summed E-state index contributed by atoms with van der Waals surface area (Å²) in [5, 5.41) is 0. The van der Waals surface area contributed by atoms with Crippen molar-refractivity contribution in [1.29, 1.82) is 0 Å². The van der Waals surface area contributed by atoms with E-state index in [9.17, 15) is 4.79 Å². The number of rotatable bonds is 0. The van der Waals surface area contributed by atoms with Crippen molar-refractivity contribution in [2.24, 2.45) is 11.8 Å². The molecule has 0 aromatic carbocycles. The maximum absolute atomic E-state index is 11.5. The minimum absolute atomic E-state index is 0. The van der Waals surface area contributed by atoms with Gasteiger partial charge in [-0.1, -0.05) is 21.3 Å². The molecule has 1 aliphatic heterocycles. The summed E-state index contributed by atoms with van der Waals surface area (Å²) in [4.78, 5) is 13.3. The Morgan fingerprint density at radius 2 is 2.00 bits per heavy atom. The first-order valence-electron chi connectivity index (χ1n) is 4.38. The van der Waals surface area contributed by atoms with Crippen LogP contribution in [0.25, 0.3) is 0 Å². The minimum Gasteiger partial charge on any atom is -0.346 e. The van der Waals surface area contributed by atoms with Crippen LogP contribution in [0.5, 0.6) is 0 Å². The number of amides is 1. The quantitative estimate of drug-likeness (QED) is 0.547. The monoisotopic (exact) mass is 171 g/mol. The molecule has 72 valence electrons. The van der Waals surface area contributed by atoms with E-state index in [1.165, 1.54) is 6.42 Å². The summed E-state index contributed by atoms with van der Waals surface area (Å²) in [6.45, 7) is 5.14. The Morgan fingerprint density at radius 1 is 1.42 bits per heavy atom. The molecule has 1 amide bonds. The largest absolute Gasteiger partial charge is 0.346 e. The molecule has 1 fully saturated rings. The first-order chi connectivity index (χ1) is 5.13. The van der Waals surface area contributed by atoms with E-state index in [2.05, 4.69) is 6.92 Å². The number of carbonyl (C=O) groups is 1. The van der Waals surface area contributed by atoms with Gasteiger partial charge in [0.1, 0.15) is 0 Å². The summed E-state index contributed by atoms with van der Waals surface area (Å²) in [6.07, 6.45) is 2.35. The van der Waals surface area contributed by atoms with Gasteiger partial charge >= 0.3 is 0 Å². The summed E-state index contributed by atoms with van der Waals surface area (Å²) in [6, 6.07) is 0. The second kappa shape index (κ2) is 4.48. The van der Waals surface area contributed by atoms with Gasteiger partial charge in [-0.2, -0.15) is 0 Å². The highest BCUT2D eigenvalue weighted by Gasteiger charge is 2.25. The van der Waals surface area contributed by atoms with Crippen molar-refractivity contribution < 1.29 is 4.79 Å².